The fraction of sp³-hybridized carbons (Fsp3) is 0.476. The Morgan fingerprint density at radius 1 is 1.42 bits per heavy atom. The summed E-state index contributed by atoms with van der Waals surface area (Å²) in [5, 5.41) is 13.7. The maximum atomic E-state index is 13.1. The van der Waals surface area contributed by atoms with Gasteiger partial charge < -0.3 is 14.4 Å². The van der Waals surface area contributed by atoms with Gasteiger partial charge in [0.2, 0.25) is 0 Å². The molecular weight excluding hydrogens is 413 g/mol. The van der Waals surface area contributed by atoms with E-state index in [2.05, 4.69) is 5.10 Å². The maximum Gasteiger partial charge on any atom is 0.425 e. The predicted octanol–water partition coefficient (Wildman–Crippen LogP) is 3.28. The molecule has 2 aliphatic rings. The van der Waals surface area contributed by atoms with Crippen LogP contribution in [0.5, 0.6) is 5.75 Å². The zero-order chi connectivity index (χ0) is 22.2. The summed E-state index contributed by atoms with van der Waals surface area (Å²) in [5.41, 5.74) is 1.75. The van der Waals surface area contributed by atoms with Crippen LogP contribution in [0.3, 0.4) is 0 Å². The topological polar surface area (TPSA) is 80.4 Å². The molecule has 1 unspecified atom stereocenters. The second-order valence-corrected chi connectivity index (χ2v) is 7.84. The van der Waals surface area contributed by atoms with E-state index >= 15 is 0 Å². The average molecular weight is 434 g/mol. The van der Waals surface area contributed by atoms with Gasteiger partial charge in [-0.2, -0.15) is 23.5 Å². The number of hydrogen-bond donors (Lipinski definition) is 0. The smallest absolute Gasteiger partial charge is 0.425 e. The molecule has 1 aromatic heterocycles. The Hall–Kier alpha value is -3.06. The first-order chi connectivity index (χ1) is 14.7. The van der Waals surface area contributed by atoms with Crippen LogP contribution < -0.4 is 4.74 Å². The molecule has 2 aromatic rings. The van der Waals surface area contributed by atoms with Crippen LogP contribution in [0.15, 0.2) is 24.4 Å². The normalized spacial score (nSPS) is 19.2. The Balaban J connectivity index is 1.50. The van der Waals surface area contributed by atoms with Crippen LogP contribution in [0.4, 0.5) is 13.2 Å². The molecule has 7 nitrogen and oxygen atoms in total. The Morgan fingerprint density at radius 3 is 2.87 bits per heavy atom. The number of alkyl halides is 3. The summed E-state index contributed by atoms with van der Waals surface area (Å²) in [6.07, 6.45) is -3.78. The Kier molecular flexibility index (Phi) is 5.62. The number of fused-ring (bicyclic) bond motifs is 1. The number of ether oxygens (including phenoxy) is 2. The Labute approximate surface area is 177 Å². The second kappa shape index (κ2) is 8.23. The van der Waals surface area contributed by atoms with Crippen LogP contribution in [0, 0.1) is 17.2 Å². The third-order valence-electron chi connectivity index (χ3n) is 5.49. The standard InChI is InChI=1S/C21H21F3N4O3/c1-13(21(22,23)24)31-19-3-2-14(7-25)6-17(19)20(29)27-9-16-10-28(26-18(16)11-27)8-15-4-5-30-12-15/h2-3,6,10,13,15H,4-5,8-9,11-12H2,1H3/t13-,15?/m0/s1. The molecule has 0 radical (unpaired) electrons. The van der Waals surface area contributed by atoms with Crippen molar-refractivity contribution in [1.29, 1.82) is 5.26 Å². The van der Waals surface area contributed by atoms with Gasteiger partial charge in [0.25, 0.3) is 5.91 Å². The quantitative estimate of drug-likeness (QED) is 0.722. The third kappa shape index (κ3) is 4.51. The molecule has 0 bridgehead atoms. The van der Waals surface area contributed by atoms with Crippen LogP contribution in [0.2, 0.25) is 0 Å². The molecule has 1 amide bonds. The fourth-order valence-corrected chi connectivity index (χ4v) is 3.74. The lowest BCUT2D eigenvalue weighted by Crippen LogP contribution is -2.32. The highest BCUT2D eigenvalue weighted by atomic mass is 19.4. The summed E-state index contributed by atoms with van der Waals surface area (Å²) in [4.78, 5) is 14.6. The lowest BCUT2D eigenvalue weighted by Gasteiger charge is -2.22. The number of hydrogen-bond acceptors (Lipinski definition) is 5. The number of nitrogens with zero attached hydrogens (tertiary/aromatic N) is 4. The first-order valence-electron chi connectivity index (χ1n) is 9.94. The van der Waals surface area contributed by atoms with Gasteiger partial charge in [-0.05, 0) is 31.5 Å². The van der Waals surface area contributed by atoms with Gasteiger partial charge in [0.15, 0.2) is 6.10 Å². The second-order valence-electron chi connectivity index (χ2n) is 7.84. The number of amides is 1. The van der Waals surface area contributed by atoms with Crippen molar-refractivity contribution >= 4 is 5.91 Å². The number of benzene rings is 1. The minimum Gasteiger partial charge on any atom is -0.480 e. The zero-order valence-corrected chi connectivity index (χ0v) is 16.9. The number of carbonyl (C=O) groups is 1. The summed E-state index contributed by atoms with van der Waals surface area (Å²) >= 11 is 0. The molecule has 10 heteroatoms. The van der Waals surface area contributed by atoms with Crippen molar-refractivity contribution in [2.45, 2.75) is 45.3 Å². The third-order valence-corrected chi connectivity index (χ3v) is 5.49. The average Bonchev–Trinajstić information content (AvgIpc) is 3.44. The number of halogens is 3. The molecule has 1 fully saturated rings. The van der Waals surface area contributed by atoms with Crippen molar-refractivity contribution in [3.8, 4) is 11.8 Å². The van der Waals surface area contributed by atoms with Crippen molar-refractivity contribution in [3.63, 3.8) is 0 Å². The van der Waals surface area contributed by atoms with Gasteiger partial charge >= 0.3 is 6.18 Å². The maximum absolute atomic E-state index is 13.1. The van der Waals surface area contributed by atoms with Gasteiger partial charge in [-0.3, -0.25) is 9.48 Å². The van der Waals surface area contributed by atoms with E-state index in [1.807, 2.05) is 16.9 Å². The van der Waals surface area contributed by atoms with Crippen molar-refractivity contribution < 1.29 is 27.4 Å². The highest BCUT2D eigenvalue weighted by Gasteiger charge is 2.39. The number of rotatable bonds is 5. The summed E-state index contributed by atoms with van der Waals surface area (Å²) in [6, 6.07) is 5.72. The lowest BCUT2D eigenvalue weighted by molar-refractivity contribution is -0.189. The molecule has 4 rings (SSSR count). The van der Waals surface area contributed by atoms with Crippen molar-refractivity contribution in [3.05, 3.63) is 46.8 Å². The monoisotopic (exact) mass is 434 g/mol. The largest absolute Gasteiger partial charge is 0.480 e. The van der Waals surface area contributed by atoms with Crippen LogP contribution in [-0.4, -0.2) is 46.1 Å². The van der Waals surface area contributed by atoms with E-state index < -0.39 is 18.2 Å². The van der Waals surface area contributed by atoms with E-state index in [0.29, 0.717) is 19.1 Å². The molecule has 0 aliphatic carbocycles. The van der Waals surface area contributed by atoms with E-state index in [-0.39, 0.29) is 23.4 Å². The van der Waals surface area contributed by atoms with Gasteiger partial charge in [0.1, 0.15) is 5.75 Å². The van der Waals surface area contributed by atoms with Gasteiger partial charge in [-0.1, -0.05) is 0 Å². The van der Waals surface area contributed by atoms with E-state index in [9.17, 15) is 18.0 Å². The van der Waals surface area contributed by atoms with Crippen molar-refractivity contribution in [2.75, 3.05) is 13.2 Å². The van der Waals surface area contributed by atoms with Crippen molar-refractivity contribution in [2.24, 2.45) is 5.92 Å². The minimum atomic E-state index is -4.58. The fourth-order valence-electron chi connectivity index (χ4n) is 3.74. The van der Waals surface area contributed by atoms with Gasteiger partial charge in [-0.25, -0.2) is 0 Å². The summed E-state index contributed by atoms with van der Waals surface area (Å²) < 4.78 is 51.1. The summed E-state index contributed by atoms with van der Waals surface area (Å²) in [5.74, 6) is -0.290. The first-order valence-corrected chi connectivity index (χ1v) is 9.94. The zero-order valence-electron chi connectivity index (χ0n) is 16.9. The molecule has 0 saturated carbocycles. The van der Waals surface area contributed by atoms with Crippen LogP contribution in [-0.2, 0) is 24.4 Å². The SMILES string of the molecule is C[C@H](Oc1ccc(C#N)cc1C(=O)N1Cc2cn(CC3CCOC3)nc2C1)C(F)(F)F. The predicted molar refractivity (Wildman–Crippen MR) is 102 cm³/mol. The Bertz CT molecular complexity index is 998. The highest BCUT2D eigenvalue weighted by molar-refractivity contribution is 5.97. The van der Waals surface area contributed by atoms with Crippen molar-refractivity contribution in [1.82, 2.24) is 14.7 Å². The van der Waals surface area contributed by atoms with E-state index in [0.717, 1.165) is 37.8 Å². The Morgan fingerprint density at radius 2 is 2.23 bits per heavy atom. The van der Waals surface area contributed by atoms with E-state index in [1.54, 1.807) is 0 Å². The van der Waals surface area contributed by atoms with Gasteiger partial charge in [0.05, 0.1) is 36.0 Å². The number of aromatic nitrogens is 2. The van der Waals surface area contributed by atoms with Gasteiger partial charge in [0, 0.05) is 37.4 Å². The molecule has 2 aliphatic heterocycles. The van der Waals surface area contributed by atoms with Crippen LogP contribution in [0.25, 0.3) is 0 Å². The van der Waals surface area contributed by atoms with Crippen LogP contribution >= 0.6 is 0 Å². The highest BCUT2D eigenvalue weighted by Crippen LogP contribution is 2.31. The van der Waals surface area contributed by atoms with E-state index in [4.69, 9.17) is 14.7 Å². The summed E-state index contributed by atoms with van der Waals surface area (Å²) in [6.45, 7) is 3.62. The molecule has 0 N–H and O–H groups in total. The molecular formula is C21H21F3N4O3. The lowest BCUT2D eigenvalue weighted by atomic mass is 10.1. The summed E-state index contributed by atoms with van der Waals surface area (Å²) in [7, 11) is 0. The molecule has 0 spiro atoms. The van der Waals surface area contributed by atoms with E-state index in [1.165, 1.54) is 23.1 Å². The van der Waals surface area contributed by atoms with Gasteiger partial charge in [-0.15, -0.1) is 0 Å². The molecule has 3 heterocycles. The number of carbonyl (C=O) groups excluding carboxylic acids is 1. The first kappa shape index (κ1) is 21.2. The molecule has 31 heavy (non-hydrogen) atoms. The molecule has 164 valence electrons. The molecule has 2 atom stereocenters. The van der Waals surface area contributed by atoms with Crippen LogP contribution in [0.1, 0.15) is 40.5 Å². The number of nitriles is 1. The minimum absolute atomic E-state index is 0.0729. The molecule has 1 aromatic carbocycles. The molecule has 1 saturated heterocycles.